The quantitative estimate of drug-likeness (QED) is 0.123. The summed E-state index contributed by atoms with van der Waals surface area (Å²) in [6, 6.07) is 5.53. The van der Waals surface area contributed by atoms with E-state index in [0.717, 1.165) is 19.3 Å². The Morgan fingerprint density at radius 2 is 0.786 bits per heavy atom. The molecule has 1 aromatic rings. The highest BCUT2D eigenvalue weighted by Gasteiger charge is 2.95. The number of rotatable bonds is 17. The van der Waals surface area contributed by atoms with Crippen LogP contribution in [0.15, 0.2) is 24.3 Å². The summed E-state index contributed by atoms with van der Waals surface area (Å²) in [6.07, 6.45) is -9.54. The van der Waals surface area contributed by atoms with E-state index in [1.54, 1.807) is 0 Å². The van der Waals surface area contributed by atoms with Gasteiger partial charge in [0.05, 0.1) is 13.2 Å². The third kappa shape index (κ3) is 6.89. The Labute approximate surface area is 227 Å². The standard InChI is InChI=1S/C23H23F17O2/c1-2-3-5-12-41-14-7-9-15(10-8-14)42-13-6-4-11-16(24,25)17(26,27)18(28,29)19(30,31)20(32,33)21(34,35)22(36,37)23(38,39)40/h7-10H,2-6,11-13H2,1H3. The lowest BCUT2D eigenvalue weighted by Crippen LogP contribution is -2.74. The molecule has 0 aliphatic rings. The van der Waals surface area contributed by atoms with Crippen LogP contribution in [-0.2, 0) is 0 Å². The zero-order valence-corrected chi connectivity index (χ0v) is 21.2. The van der Waals surface area contributed by atoms with Gasteiger partial charge in [0.25, 0.3) is 0 Å². The van der Waals surface area contributed by atoms with Crippen LogP contribution < -0.4 is 9.47 Å². The molecule has 0 bridgehead atoms. The van der Waals surface area contributed by atoms with E-state index in [1.165, 1.54) is 24.3 Å². The minimum Gasteiger partial charge on any atom is -0.494 e. The van der Waals surface area contributed by atoms with E-state index in [1.807, 2.05) is 6.92 Å². The number of alkyl halides is 17. The number of hydrogen-bond donors (Lipinski definition) is 0. The van der Waals surface area contributed by atoms with Crippen molar-refractivity contribution in [2.45, 2.75) is 93.1 Å². The fourth-order valence-corrected chi connectivity index (χ4v) is 3.17. The van der Waals surface area contributed by atoms with E-state index < -0.39 is 73.5 Å². The van der Waals surface area contributed by atoms with Crippen LogP contribution in [0.25, 0.3) is 0 Å². The fraction of sp³-hybridized carbons (Fsp3) is 0.739. The largest absolute Gasteiger partial charge is 0.494 e. The molecule has 0 N–H and O–H groups in total. The molecule has 1 rings (SSSR count). The first-order chi connectivity index (χ1) is 18.8. The summed E-state index contributed by atoms with van der Waals surface area (Å²) >= 11 is 0. The molecular weight excluding hydrogens is 631 g/mol. The number of unbranched alkanes of at least 4 members (excludes halogenated alkanes) is 3. The van der Waals surface area contributed by atoms with E-state index in [4.69, 9.17) is 9.47 Å². The Kier molecular flexibility index (Phi) is 11.4. The number of hydrogen-bond acceptors (Lipinski definition) is 2. The maximum Gasteiger partial charge on any atom is 0.460 e. The van der Waals surface area contributed by atoms with E-state index in [0.29, 0.717) is 12.4 Å². The first kappa shape index (κ1) is 37.7. The normalized spacial score (nSPS) is 14.7. The average Bonchev–Trinajstić information content (AvgIpc) is 2.85. The number of benzene rings is 1. The molecule has 0 atom stereocenters. The van der Waals surface area contributed by atoms with Crippen LogP contribution in [0.3, 0.4) is 0 Å². The van der Waals surface area contributed by atoms with Gasteiger partial charge in [0.2, 0.25) is 0 Å². The van der Waals surface area contributed by atoms with Gasteiger partial charge in [-0.2, -0.15) is 74.6 Å². The Bertz CT molecular complexity index is 988. The van der Waals surface area contributed by atoms with Gasteiger partial charge in [0, 0.05) is 6.42 Å². The van der Waals surface area contributed by atoms with Crippen molar-refractivity contribution in [2.75, 3.05) is 13.2 Å². The molecule has 0 amide bonds. The molecule has 42 heavy (non-hydrogen) atoms. The van der Waals surface area contributed by atoms with Crippen LogP contribution in [0.5, 0.6) is 11.5 Å². The van der Waals surface area contributed by atoms with Crippen LogP contribution in [0.4, 0.5) is 74.6 Å². The summed E-state index contributed by atoms with van der Waals surface area (Å²) < 4.78 is 236. The van der Waals surface area contributed by atoms with Crippen LogP contribution >= 0.6 is 0 Å². The van der Waals surface area contributed by atoms with E-state index >= 15 is 0 Å². The third-order valence-corrected chi connectivity index (χ3v) is 5.78. The molecule has 0 aromatic heterocycles. The summed E-state index contributed by atoms with van der Waals surface area (Å²) in [7, 11) is 0. The third-order valence-electron chi connectivity index (χ3n) is 5.78. The average molecular weight is 654 g/mol. The highest BCUT2D eigenvalue weighted by atomic mass is 19.4. The molecular formula is C23H23F17O2. The van der Waals surface area contributed by atoms with Gasteiger partial charge in [0.15, 0.2) is 0 Å². The van der Waals surface area contributed by atoms with Crippen molar-refractivity contribution in [3.8, 4) is 11.5 Å². The Morgan fingerprint density at radius 1 is 0.452 bits per heavy atom. The van der Waals surface area contributed by atoms with Gasteiger partial charge >= 0.3 is 47.6 Å². The van der Waals surface area contributed by atoms with Crippen molar-refractivity contribution < 1.29 is 84.1 Å². The Morgan fingerprint density at radius 3 is 1.14 bits per heavy atom. The summed E-state index contributed by atoms with van der Waals surface area (Å²) in [6.45, 7) is 1.80. The van der Waals surface area contributed by atoms with Crippen molar-refractivity contribution in [2.24, 2.45) is 0 Å². The minimum atomic E-state index is -8.62. The molecule has 246 valence electrons. The van der Waals surface area contributed by atoms with Crippen LogP contribution in [0.1, 0.15) is 45.4 Å². The van der Waals surface area contributed by atoms with Crippen molar-refractivity contribution in [3.63, 3.8) is 0 Å². The smallest absolute Gasteiger partial charge is 0.460 e. The second-order valence-corrected chi connectivity index (χ2v) is 8.98. The lowest BCUT2D eigenvalue weighted by molar-refractivity contribution is -0.461. The lowest BCUT2D eigenvalue weighted by Gasteiger charge is -2.42. The topological polar surface area (TPSA) is 18.5 Å². The Hall–Kier alpha value is -2.37. The summed E-state index contributed by atoms with van der Waals surface area (Å²) in [4.78, 5) is 0. The molecule has 0 unspecified atom stereocenters. The summed E-state index contributed by atoms with van der Waals surface area (Å²) in [5.41, 5.74) is 0. The molecule has 0 radical (unpaired) electrons. The molecule has 0 heterocycles. The molecule has 2 nitrogen and oxygen atoms in total. The maximum absolute atomic E-state index is 13.9. The van der Waals surface area contributed by atoms with Crippen molar-refractivity contribution in [1.82, 2.24) is 0 Å². The molecule has 0 saturated carbocycles. The molecule has 1 aromatic carbocycles. The van der Waals surface area contributed by atoms with Gasteiger partial charge in [-0.25, -0.2) is 0 Å². The van der Waals surface area contributed by atoms with Crippen molar-refractivity contribution in [3.05, 3.63) is 24.3 Å². The lowest BCUT2D eigenvalue weighted by atomic mass is 9.88. The molecule has 0 aliphatic heterocycles. The first-order valence-corrected chi connectivity index (χ1v) is 11.8. The monoisotopic (exact) mass is 654 g/mol. The summed E-state index contributed by atoms with van der Waals surface area (Å²) in [5, 5.41) is 0. The second-order valence-electron chi connectivity index (χ2n) is 8.98. The zero-order valence-electron chi connectivity index (χ0n) is 21.2. The van der Waals surface area contributed by atoms with Gasteiger partial charge in [-0.3, -0.25) is 0 Å². The maximum atomic E-state index is 13.9. The van der Waals surface area contributed by atoms with Gasteiger partial charge in [-0.05, 0) is 43.5 Å². The predicted octanol–water partition coefficient (Wildman–Crippen LogP) is 9.81. The molecule has 0 saturated heterocycles. The van der Waals surface area contributed by atoms with Crippen LogP contribution in [0, 0.1) is 0 Å². The molecule has 0 aliphatic carbocycles. The van der Waals surface area contributed by atoms with Gasteiger partial charge in [-0.1, -0.05) is 19.8 Å². The first-order valence-electron chi connectivity index (χ1n) is 11.8. The SMILES string of the molecule is CCCCCOc1ccc(OCCCCC(F)(F)C(F)(F)C(F)(F)C(F)(F)C(F)(F)C(F)(F)C(F)(F)C(F)(F)F)cc1. The number of halogens is 17. The van der Waals surface area contributed by atoms with Gasteiger partial charge in [-0.15, -0.1) is 0 Å². The van der Waals surface area contributed by atoms with Crippen molar-refractivity contribution in [1.29, 1.82) is 0 Å². The highest BCUT2D eigenvalue weighted by Crippen LogP contribution is 2.64. The fourth-order valence-electron chi connectivity index (χ4n) is 3.17. The molecule has 19 heteroatoms. The van der Waals surface area contributed by atoms with E-state index in [2.05, 4.69) is 0 Å². The molecule has 0 spiro atoms. The van der Waals surface area contributed by atoms with Crippen molar-refractivity contribution >= 4 is 0 Å². The highest BCUT2D eigenvalue weighted by molar-refractivity contribution is 5.31. The molecule has 0 fully saturated rings. The van der Waals surface area contributed by atoms with Gasteiger partial charge in [0.1, 0.15) is 11.5 Å². The van der Waals surface area contributed by atoms with Crippen LogP contribution in [-0.4, -0.2) is 60.8 Å². The Balaban J connectivity index is 2.93. The zero-order chi connectivity index (χ0) is 33.1. The second kappa shape index (κ2) is 12.7. The number of ether oxygens (including phenoxy) is 2. The van der Waals surface area contributed by atoms with Crippen LogP contribution in [0.2, 0.25) is 0 Å². The van der Waals surface area contributed by atoms with Gasteiger partial charge < -0.3 is 9.47 Å². The summed E-state index contributed by atoms with van der Waals surface area (Å²) in [5.74, 6) is -55.6. The van der Waals surface area contributed by atoms with E-state index in [9.17, 15) is 74.6 Å². The predicted molar refractivity (Wildman–Crippen MR) is 111 cm³/mol. The minimum absolute atomic E-state index is 0.0815. The van der Waals surface area contributed by atoms with E-state index in [-0.39, 0.29) is 5.75 Å².